The second-order valence-electron chi connectivity index (χ2n) is 12.2. The van der Waals surface area contributed by atoms with Gasteiger partial charge in [-0.25, -0.2) is 8.89 Å². The van der Waals surface area contributed by atoms with Gasteiger partial charge in [0.25, 0.3) is 0 Å². The molecule has 53 heavy (non-hydrogen) atoms. The number of anilines is 1. The van der Waals surface area contributed by atoms with Crippen LogP contribution >= 0.6 is 12.0 Å². The molecule has 1 amide bonds. The van der Waals surface area contributed by atoms with Crippen molar-refractivity contribution >= 4 is 34.7 Å². The molecule has 0 saturated carbocycles. The first-order chi connectivity index (χ1) is 25.9. The van der Waals surface area contributed by atoms with E-state index in [0.29, 0.717) is 45.6 Å². The predicted octanol–water partition coefficient (Wildman–Crippen LogP) is 9.46. The number of amides is 1. The number of aromatic nitrogens is 2. The Kier molecular flexibility index (Phi) is 15.3. The monoisotopic (exact) mass is 758 g/mol. The second-order valence-corrected chi connectivity index (χ2v) is 14.1. The molecule has 1 heterocycles. The number of carbonyl (C=O) groups is 1. The number of unbranched alkanes of at least 4 members (excludes halogenated alkanes) is 4. The van der Waals surface area contributed by atoms with Crippen molar-refractivity contribution < 1.29 is 27.2 Å². The van der Waals surface area contributed by atoms with Gasteiger partial charge in [-0.05, 0) is 85.5 Å². The molecule has 0 aliphatic carbocycles. The molecule has 0 radical (unpaired) electrons. The van der Waals surface area contributed by atoms with Gasteiger partial charge in [0.2, 0.25) is 22.7 Å². The topological polar surface area (TPSA) is 133 Å². The Morgan fingerprint density at radius 1 is 0.849 bits per heavy atom. The number of nitrogens with zero attached hydrogens (tertiary/aromatic N) is 1. The number of aromatic amines is 1. The molecule has 3 N–H and O–H groups in total. The SMILES string of the molecule is CCCCCCc1cccc(OS(=O)c2ccc(-c3[nH]n(-c4ccccc4NC(=O)CC)c(=O)c3Oc3ccc(SOONCCCC)cc3)cc2)c1. The van der Waals surface area contributed by atoms with Crippen LogP contribution in [0.4, 0.5) is 5.69 Å². The van der Waals surface area contributed by atoms with Crippen molar-refractivity contribution in [1.29, 1.82) is 0 Å². The maximum atomic E-state index is 14.1. The van der Waals surface area contributed by atoms with E-state index in [1.165, 1.54) is 23.9 Å². The van der Waals surface area contributed by atoms with E-state index in [1.54, 1.807) is 85.8 Å². The van der Waals surface area contributed by atoms with E-state index in [1.807, 2.05) is 12.1 Å². The largest absolute Gasteiger partial charge is 0.449 e. The van der Waals surface area contributed by atoms with E-state index in [2.05, 4.69) is 35.8 Å². The molecule has 1 unspecified atom stereocenters. The van der Waals surface area contributed by atoms with Gasteiger partial charge in [-0.2, -0.15) is 5.48 Å². The average Bonchev–Trinajstić information content (AvgIpc) is 3.50. The zero-order valence-corrected chi connectivity index (χ0v) is 31.9. The summed E-state index contributed by atoms with van der Waals surface area (Å²) in [7, 11) is 0. The molecule has 13 heteroatoms. The number of aryl methyl sites for hydroxylation is 1. The Labute approximate surface area is 317 Å². The van der Waals surface area contributed by atoms with Crippen LogP contribution in [0.1, 0.15) is 71.3 Å². The summed E-state index contributed by atoms with van der Waals surface area (Å²) in [5.74, 6) is 0.788. The lowest BCUT2D eigenvalue weighted by Crippen LogP contribution is -2.18. The lowest BCUT2D eigenvalue weighted by Gasteiger charge is -2.10. The lowest BCUT2D eigenvalue weighted by molar-refractivity contribution is -0.244. The molecule has 5 aromatic rings. The maximum Gasteiger partial charge on any atom is 0.314 e. The van der Waals surface area contributed by atoms with E-state index in [4.69, 9.17) is 18.2 Å². The number of H-pyrrole nitrogens is 1. The van der Waals surface area contributed by atoms with Crippen LogP contribution in [0.5, 0.6) is 17.2 Å². The van der Waals surface area contributed by atoms with Crippen LogP contribution in [0.15, 0.2) is 112 Å². The number of para-hydroxylation sites is 2. The highest BCUT2D eigenvalue weighted by Crippen LogP contribution is 2.33. The van der Waals surface area contributed by atoms with Crippen molar-refractivity contribution in [2.24, 2.45) is 0 Å². The third-order valence-corrected chi connectivity index (χ3v) is 9.81. The third kappa shape index (κ3) is 11.4. The summed E-state index contributed by atoms with van der Waals surface area (Å²) < 4.78 is 31.8. The first kappa shape index (κ1) is 39.5. The van der Waals surface area contributed by atoms with Gasteiger partial charge in [-0.15, -0.1) is 9.32 Å². The minimum absolute atomic E-state index is 0.0302. The molecular weight excluding hydrogens is 713 g/mol. The Balaban J connectivity index is 1.38. The molecule has 0 saturated heterocycles. The number of rotatable bonds is 21. The molecule has 280 valence electrons. The Morgan fingerprint density at radius 3 is 2.38 bits per heavy atom. The molecule has 1 atom stereocenters. The number of ether oxygens (including phenoxy) is 1. The molecule has 5 rings (SSSR count). The third-order valence-electron chi connectivity index (χ3n) is 8.21. The van der Waals surface area contributed by atoms with E-state index in [0.717, 1.165) is 48.2 Å². The number of hydrogen-bond donors (Lipinski definition) is 3. The number of nitrogens with one attached hydrogen (secondary N) is 3. The molecular formula is C40H46N4O7S2. The van der Waals surface area contributed by atoms with Gasteiger partial charge in [0, 0.05) is 23.4 Å². The number of hydrogen-bond acceptors (Lipinski definition) is 9. The Bertz CT molecular complexity index is 2000. The van der Waals surface area contributed by atoms with E-state index < -0.39 is 16.6 Å². The molecule has 0 fully saturated rings. The summed E-state index contributed by atoms with van der Waals surface area (Å²) in [6, 6.07) is 28.6. The molecule has 0 bridgehead atoms. The van der Waals surface area contributed by atoms with Gasteiger partial charge in [-0.3, -0.25) is 14.7 Å². The van der Waals surface area contributed by atoms with Crippen LogP contribution in [0, 0.1) is 0 Å². The number of benzene rings is 4. The summed E-state index contributed by atoms with van der Waals surface area (Å²) in [5, 5.41) is 6.05. The maximum absolute atomic E-state index is 14.1. The van der Waals surface area contributed by atoms with Crippen molar-refractivity contribution in [2.75, 3.05) is 11.9 Å². The Hall–Kier alpha value is -4.66. The summed E-state index contributed by atoms with van der Waals surface area (Å²) in [5.41, 5.74) is 5.29. The quantitative estimate of drug-likeness (QED) is 0.0290. The van der Waals surface area contributed by atoms with Crippen molar-refractivity contribution in [3.63, 3.8) is 0 Å². The van der Waals surface area contributed by atoms with Crippen LogP contribution in [0.25, 0.3) is 16.9 Å². The highest BCUT2D eigenvalue weighted by atomic mass is 32.2. The fourth-order valence-corrected chi connectivity index (χ4v) is 6.46. The standard InChI is InChI=1S/C40H46N4O7S2/c1-4-7-9-10-14-29-15-13-16-32(28-29)49-53(47)34-25-19-30(20-26-34)38-39(48-31-21-23-33(24-22-31)52-51-50-41-27-8-5-2)40(46)44(43-38)36-18-12-11-17-35(36)42-37(45)6-3/h11-13,15-26,28,41,43H,4-10,14,27H2,1-3H3,(H,42,45). The second kappa shape index (κ2) is 20.5. The number of hydroxylamine groups is 1. The minimum Gasteiger partial charge on any atom is -0.449 e. The highest BCUT2D eigenvalue weighted by Gasteiger charge is 2.22. The molecule has 0 spiro atoms. The fraction of sp³-hybridized carbons (Fsp3) is 0.300. The summed E-state index contributed by atoms with van der Waals surface area (Å²) in [4.78, 5) is 32.6. The lowest BCUT2D eigenvalue weighted by atomic mass is 10.1. The normalized spacial score (nSPS) is 11.7. The van der Waals surface area contributed by atoms with Gasteiger partial charge in [0.1, 0.15) is 17.2 Å². The Morgan fingerprint density at radius 2 is 1.62 bits per heavy atom. The van der Waals surface area contributed by atoms with Gasteiger partial charge in [0.15, 0.2) is 0 Å². The van der Waals surface area contributed by atoms with Crippen molar-refractivity contribution in [3.05, 3.63) is 113 Å². The highest BCUT2D eigenvalue weighted by molar-refractivity contribution is 7.94. The van der Waals surface area contributed by atoms with Gasteiger partial charge < -0.3 is 14.2 Å². The fourth-order valence-electron chi connectivity index (χ4n) is 5.32. The predicted molar refractivity (Wildman–Crippen MR) is 210 cm³/mol. The molecule has 11 nitrogen and oxygen atoms in total. The smallest absolute Gasteiger partial charge is 0.314 e. The minimum atomic E-state index is -1.77. The van der Waals surface area contributed by atoms with Crippen LogP contribution in [-0.2, 0) is 31.6 Å². The number of carbonyl (C=O) groups excluding carboxylic acids is 1. The van der Waals surface area contributed by atoms with Crippen molar-refractivity contribution in [2.45, 2.75) is 81.9 Å². The summed E-state index contributed by atoms with van der Waals surface area (Å²) in [6.07, 6.45) is 7.89. The van der Waals surface area contributed by atoms with E-state index in [-0.39, 0.29) is 18.1 Å². The van der Waals surface area contributed by atoms with Crippen molar-refractivity contribution in [1.82, 2.24) is 15.3 Å². The first-order valence-electron chi connectivity index (χ1n) is 17.9. The van der Waals surface area contributed by atoms with Crippen LogP contribution in [-0.4, -0.2) is 26.4 Å². The zero-order valence-electron chi connectivity index (χ0n) is 30.2. The summed E-state index contributed by atoms with van der Waals surface area (Å²) >= 11 is -0.740. The van der Waals surface area contributed by atoms with Crippen LogP contribution < -0.4 is 25.3 Å². The van der Waals surface area contributed by atoms with Gasteiger partial charge >= 0.3 is 5.56 Å². The molecule has 0 aliphatic heterocycles. The van der Waals surface area contributed by atoms with Crippen LogP contribution in [0.2, 0.25) is 0 Å². The first-order valence-corrected chi connectivity index (χ1v) is 19.8. The molecule has 0 aliphatic rings. The average molecular weight is 759 g/mol. The van der Waals surface area contributed by atoms with Crippen molar-refractivity contribution in [3.8, 4) is 34.2 Å². The summed E-state index contributed by atoms with van der Waals surface area (Å²) in [6.45, 7) is 6.71. The van der Waals surface area contributed by atoms with E-state index >= 15 is 0 Å². The molecule has 4 aromatic carbocycles. The van der Waals surface area contributed by atoms with E-state index in [9.17, 15) is 13.8 Å². The van der Waals surface area contributed by atoms with Gasteiger partial charge in [0.05, 0.1) is 28.3 Å². The molecule has 1 aromatic heterocycles. The van der Waals surface area contributed by atoms with Crippen LogP contribution in [0.3, 0.4) is 0 Å². The van der Waals surface area contributed by atoms with Gasteiger partial charge in [-0.1, -0.05) is 82.9 Å². The zero-order chi connectivity index (χ0) is 37.4.